The zero-order valence-electron chi connectivity index (χ0n) is 22.6. The Kier molecular flexibility index (Phi) is 10.5. The molecule has 0 N–H and O–H groups in total. The van der Waals surface area contributed by atoms with Crippen molar-refractivity contribution in [3.63, 3.8) is 0 Å². The highest BCUT2D eigenvalue weighted by molar-refractivity contribution is 4.97. The van der Waals surface area contributed by atoms with Gasteiger partial charge in [-0.2, -0.15) is 0 Å². The van der Waals surface area contributed by atoms with Crippen LogP contribution in [0.25, 0.3) is 0 Å². The molecule has 0 amide bonds. The predicted molar refractivity (Wildman–Crippen MR) is 142 cm³/mol. The van der Waals surface area contributed by atoms with Crippen LogP contribution in [0.5, 0.6) is 0 Å². The van der Waals surface area contributed by atoms with E-state index in [0.29, 0.717) is 11.5 Å². The molecule has 2 saturated carbocycles. The molecular formula is C31H57N. The second-order valence-corrected chi connectivity index (χ2v) is 12.6. The molecule has 2 fully saturated rings. The lowest BCUT2D eigenvalue weighted by molar-refractivity contribution is 0.0953. The largest absolute Gasteiger partial charge is 0.375 e. The Morgan fingerprint density at radius 2 is 1.69 bits per heavy atom. The molecule has 1 heteroatoms. The van der Waals surface area contributed by atoms with Crippen LogP contribution >= 0.6 is 0 Å². The van der Waals surface area contributed by atoms with Gasteiger partial charge < -0.3 is 4.90 Å². The van der Waals surface area contributed by atoms with Crippen molar-refractivity contribution in [1.82, 2.24) is 4.90 Å². The molecule has 1 nitrogen and oxygen atoms in total. The number of nitrogens with zero attached hydrogens (tertiary/aromatic N) is 1. The molecule has 1 heterocycles. The molecule has 4 bridgehead atoms. The smallest absolute Gasteiger partial charge is 0.0256 e. The van der Waals surface area contributed by atoms with Crippen LogP contribution in [-0.2, 0) is 0 Å². The third-order valence-electron chi connectivity index (χ3n) is 9.89. The van der Waals surface area contributed by atoms with Gasteiger partial charge in [-0.15, -0.1) is 0 Å². The first kappa shape index (κ1) is 26.2. The normalized spacial score (nSPS) is 38.7. The molecule has 32 heavy (non-hydrogen) atoms. The number of hydrogen-bond donors (Lipinski definition) is 0. The fraction of sp³-hybridized carbons (Fsp3) is 0.935. The lowest BCUT2D eigenvalue weighted by atomic mass is 9.66. The van der Waals surface area contributed by atoms with Gasteiger partial charge >= 0.3 is 0 Å². The Morgan fingerprint density at radius 1 is 0.906 bits per heavy atom. The van der Waals surface area contributed by atoms with Gasteiger partial charge in [0.05, 0.1) is 0 Å². The molecule has 0 radical (unpaired) electrons. The molecule has 2 aliphatic carbocycles. The van der Waals surface area contributed by atoms with E-state index in [2.05, 4.69) is 51.8 Å². The minimum absolute atomic E-state index is 0.587. The maximum absolute atomic E-state index is 2.78. The number of allylic oxidation sites excluding steroid dienone is 1. The minimum atomic E-state index is 0.587. The van der Waals surface area contributed by atoms with Crippen molar-refractivity contribution in [1.29, 1.82) is 0 Å². The second kappa shape index (κ2) is 12.9. The summed E-state index contributed by atoms with van der Waals surface area (Å²) in [5.74, 6) is 4.81. The van der Waals surface area contributed by atoms with E-state index in [4.69, 9.17) is 0 Å². The van der Waals surface area contributed by atoms with Crippen molar-refractivity contribution in [2.45, 2.75) is 143 Å². The van der Waals surface area contributed by atoms with E-state index in [1.54, 1.807) is 6.42 Å². The first-order chi connectivity index (χ1) is 15.5. The Bertz CT molecular complexity index is 553. The molecule has 3 rings (SSSR count). The highest BCUT2D eigenvalue weighted by Crippen LogP contribution is 2.51. The van der Waals surface area contributed by atoms with Crippen molar-refractivity contribution in [3.8, 4) is 0 Å². The molecule has 3 aliphatic rings. The Balaban J connectivity index is 1.93. The summed E-state index contributed by atoms with van der Waals surface area (Å²) in [6, 6.07) is 0.694. The van der Waals surface area contributed by atoms with E-state index in [9.17, 15) is 0 Å². The van der Waals surface area contributed by atoms with E-state index >= 15 is 0 Å². The van der Waals surface area contributed by atoms with Crippen molar-refractivity contribution >= 4 is 0 Å². The maximum atomic E-state index is 2.78. The van der Waals surface area contributed by atoms with Gasteiger partial charge in [0.1, 0.15) is 0 Å². The number of fused-ring (bicyclic) bond motifs is 5. The zero-order chi connectivity index (χ0) is 23.0. The molecule has 1 aliphatic heterocycles. The highest BCUT2D eigenvalue weighted by Gasteiger charge is 2.42. The van der Waals surface area contributed by atoms with Gasteiger partial charge in [-0.05, 0) is 99.5 Å². The molecule has 0 aromatic carbocycles. The standard InChI is InChI=1S/C31H57N/c1-6-14-25(4)32-20-13-11-17-27-22-29(24-32)30(15-7-2)28-21-26(27)16-10-9-12-19-31(5,23-28)18-8-3/h13,20,25-30H,6-12,14-19,21-24H2,1-5H3/b20-13-/t25?,26?,27-,28?,29?,30?,31?/m0/s1. The fourth-order valence-electron chi connectivity index (χ4n) is 8.32. The number of hydrogen-bond acceptors (Lipinski definition) is 1. The van der Waals surface area contributed by atoms with Crippen LogP contribution in [-0.4, -0.2) is 17.5 Å². The summed E-state index contributed by atoms with van der Waals surface area (Å²) >= 11 is 0. The second-order valence-electron chi connectivity index (χ2n) is 12.6. The Labute approximate surface area is 202 Å². The van der Waals surface area contributed by atoms with E-state index < -0.39 is 0 Å². The van der Waals surface area contributed by atoms with Gasteiger partial charge in [0.25, 0.3) is 0 Å². The SMILES string of the molecule is CCCC1C2C[C@H](CC/C=C\N(C(C)CCC)C2)C2CCCCCC(C)(CCC)CC1C2. The summed E-state index contributed by atoms with van der Waals surface area (Å²) in [5.41, 5.74) is 0.587. The molecule has 0 spiro atoms. The van der Waals surface area contributed by atoms with Crippen LogP contribution < -0.4 is 0 Å². The molecule has 186 valence electrons. The lowest BCUT2D eigenvalue weighted by Gasteiger charge is -2.41. The molecule has 0 aromatic rings. The van der Waals surface area contributed by atoms with Gasteiger partial charge in [-0.3, -0.25) is 0 Å². The zero-order valence-corrected chi connectivity index (χ0v) is 22.6. The summed E-state index contributed by atoms with van der Waals surface area (Å²) in [5, 5.41) is 0. The summed E-state index contributed by atoms with van der Waals surface area (Å²) < 4.78 is 0. The summed E-state index contributed by atoms with van der Waals surface area (Å²) in [7, 11) is 0. The third kappa shape index (κ3) is 7.02. The topological polar surface area (TPSA) is 3.24 Å². The summed E-state index contributed by atoms with van der Waals surface area (Å²) in [4.78, 5) is 2.78. The Hall–Kier alpha value is -0.460. The van der Waals surface area contributed by atoms with Crippen LogP contribution in [0.1, 0.15) is 137 Å². The van der Waals surface area contributed by atoms with Crippen LogP contribution in [0.15, 0.2) is 12.3 Å². The fourth-order valence-corrected chi connectivity index (χ4v) is 8.32. The van der Waals surface area contributed by atoms with E-state index in [1.807, 2.05) is 0 Å². The monoisotopic (exact) mass is 443 g/mol. The van der Waals surface area contributed by atoms with Crippen molar-refractivity contribution in [2.75, 3.05) is 6.54 Å². The lowest BCUT2D eigenvalue weighted by Crippen LogP contribution is -2.38. The molecule has 0 aromatic heterocycles. The summed E-state index contributed by atoms with van der Waals surface area (Å²) in [6.07, 6.45) is 28.2. The van der Waals surface area contributed by atoms with E-state index in [0.717, 1.165) is 29.6 Å². The van der Waals surface area contributed by atoms with Crippen molar-refractivity contribution < 1.29 is 0 Å². The molecule has 7 atom stereocenters. The van der Waals surface area contributed by atoms with Crippen molar-refractivity contribution in [2.24, 2.45) is 35.0 Å². The van der Waals surface area contributed by atoms with Gasteiger partial charge in [-0.25, -0.2) is 0 Å². The first-order valence-electron chi connectivity index (χ1n) is 14.9. The minimum Gasteiger partial charge on any atom is -0.375 e. The van der Waals surface area contributed by atoms with Gasteiger partial charge in [0.15, 0.2) is 0 Å². The average molecular weight is 444 g/mol. The Morgan fingerprint density at radius 3 is 2.44 bits per heavy atom. The van der Waals surface area contributed by atoms with Gasteiger partial charge in [0.2, 0.25) is 0 Å². The highest BCUT2D eigenvalue weighted by atomic mass is 15.1. The maximum Gasteiger partial charge on any atom is 0.0256 e. The van der Waals surface area contributed by atoms with Crippen molar-refractivity contribution in [3.05, 3.63) is 12.3 Å². The van der Waals surface area contributed by atoms with E-state index in [-0.39, 0.29) is 0 Å². The molecule has 6 unspecified atom stereocenters. The van der Waals surface area contributed by atoms with Crippen LogP contribution in [0, 0.1) is 35.0 Å². The number of rotatable bonds is 7. The molecule has 0 saturated heterocycles. The van der Waals surface area contributed by atoms with E-state index in [1.165, 1.54) is 103 Å². The summed E-state index contributed by atoms with van der Waals surface area (Å²) in [6.45, 7) is 13.7. The third-order valence-corrected chi connectivity index (χ3v) is 9.89. The van der Waals surface area contributed by atoms with Gasteiger partial charge in [-0.1, -0.05) is 85.1 Å². The van der Waals surface area contributed by atoms with Gasteiger partial charge in [0, 0.05) is 12.6 Å². The quantitative estimate of drug-likeness (QED) is 0.378. The van der Waals surface area contributed by atoms with Crippen LogP contribution in [0.2, 0.25) is 0 Å². The predicted octanol–water partition coefficient (Wildman–Crippen LogP) is 9.62. The molecular weight excluding hydrogens is 386 g/mol. The average Bonchev–Trinajstić information content (AvgIpc) is 2.82. The first-order valence-corrected chi connectivity index (χ1v) is 14.9. The van der Waals surface area contributed by atoms with Crippen LogP contribution in [0.4, 0.5) is 0 Å². The van der Waals surface area contributed by atoms with Crippen LogP contribution in [0.3, 0.4) is 0 Å².